The molecule has 0 aliphatic carbocycles. The van der Waals surface area contributed by atoms with E-state index in [2.05, 4.69) is 4.98 Å². The first-order valence-corrected chi connectivity index (χ1v) is 5.27. The van der Waals surface area contributed by atoms with Gasteiger partial charge in [-0.3, -0.25) is 5.84 Å². The fourth-order valence-electron chi connectivity index (χ4n) is 1.42. The molecule has 0 unspecified atom stereocenters. The molecule has 0 bridgehead atoms. The Labute approximate surface area is 99.6 Å². The topological polar surface area (TPSA) is 78.0 Å². The lowest BCUT2D eigenvalue weighted by atomic mass is 10.3. The first-order valence-electron chi connectivity index (χ1n) is 5.27. The van der Waals surface area contributed by atoms with Crippen LogP contribution in [0.1, 0.15) is 11.4 Å². The number of anilines is 1. The largest absolute Gasteiger partial charge is 0.489 e. The number of nitrogen functional groups attached to an aromatic ring is 2. The van der Waals surface area contributed by atoms with Gasteiger partial charge in [-0.1, -0.05) is 18.2 Å². The van der Waals surface area contributed by atoms with Crippen molar-refractivity contribution in [3.63, 3.8) is 0 Å². The monoisotopic (exact) mass is 231 g/mol. The van der Waals surface area contributed by atoms with Crippen molar-refractivity contribution in [2.24, 2.45) is 0 Å². The summed E-state index contributed by atoms with van der Waals surface area (Å²) in [5.74, 6) is 7.59. The zero-order valence-corrected chi connectivity index (χ0v) is 9.63. The molecule has 5 heteroatoms. The molecule has 5 nitrogen and oxygen atoms in total. The Morgan fingerprint density at radius 1 is 1.29 bits per heavy atom. The molecule has 0 saturated heterocycles. The number of hydrogen-bond donors (Lipinski definition) is 2. The minimum Gasteiger partial charge on any atom is -0.489 e. The van der Waals surface area contributed by atoms with Crippen LogP contribution in [0, 0.1) is 6.92 Å². The van der Waals surface area contributed by atoms with Gasteiger partial charge in [-0.2, -0.15) is 0 Å². The molecule has 2 rings (SSSR count). The van der Waals surface area contributed by atoms with Crippen LogP contribution >= 0.6 is 0 Å². The summed E-state index contributed by atoms with van der Waals surface area (Å²) in [6.07, 6.45) is 1.72. The van der Waals surface area contributed by atoms with Crippen LogP contribution in [-0.2, 0) is 6.61 Å². The van der Waals surface area contributed by atoms with E-state index in [-0.39, 0.29) is 0 Å². The zero-order chi connectivity index (χ0) is 12.3. The number of rotatable bonds is 3. The third kappa shape index (κ3) is 2.63. The highest BCUT2D eigenvalue weighted by atomic mass is 16.5. The van der Waals surface area contributed by atoms with E-state index in [0.29, 0.717) is 18.2 Å². The van der Waals surface area contributed by atoms with Crippen LogP contribution in [0.2, 0.25) is 0 Å². The van der Waals surface area contributed by atoms with Crippen LogP contribution in [0.5, 0.6) is 5.75 Å². The number of nitrogens with two attached hydrogens (primary N) is 2. The van der Waals surface area contributed by atoms with Crippen LogP contribution in [0.15, 0.2) is 36.5 Å². The van der Waals surface area contributed by atoms with Gasteiger partial charge in [0.05, 0.1) is 5.56 Å². The van der Waals surface area contributed by atoms with E-state index in [1.807, 2.05) is 30.3 Å². The predicted molar refractivity (Wildman–Crippen MR) is 64.5 cm³/mol. The lowest BCUT2D eigenvalue weighted by Gasteiger charge is -2.06. The van der Waals surface area contributed by atoms with Crippen LogP contribution < -0.4 is 21.0 Å². The highest BCUT2D eigenvalue weighted by molar-refractivity contribution is 5.36. The third-order valence-corrected chi connectivity index (χ3v) is 2.42. The molecule has 2 aromatic rings. The number of aryl methyl sites for hydroxylation is 1. The van der Waals surface area contributed by atoms with Crippen molar-refractivity contribution in [1.82, 2.24) is 4.98 Å². The molecule has 4 N–H and O–H groups in total. The quantitative estimate of drug-likeness (QED) is 0.597. The Balaban J connectivity index is 2.12. The lowest BCUT2D eigenvalue weighted by Crippen LogP contribution is -2.48. The number of nitrogens with zero attached hydrogens (tertiary/aromatic N) is 2. The molecule has 88 valence electrons. The Bertz CT molecular complexity index is 513. The van der Waals surface area contributed by atoms with E-state index in [1.165, 1.54) is 4.68 Å². The molecular weight excluding hydrogens is 216 g/mol. The average Bonchev–Trinajstić information content (AvgIpc) is 2.33. The predicted octanol–water partition coefficient (Wildman–Crippen LogP) is 0.553. The van der Waals surface area contributed by atoms with Crippen LogP contribution in [-0.4, -0.2) is 4.98 Å². The number of aromatic nitrogens is 2. The van der Waals surface area contributed by atoms with Gasteiger partial charge in [-0.25, -0.2) is 0 Å². The van der Waals surface area contributed by atoms with Gasteiger partial charge in [0.15, 0.2) is 0 Å². The number of benzene rings is 1. The van der Waals surface area contributed by atoms with Gasteiger partial charge < -0.3 is 10.5 Å². The smallest absolute Gasteiger partial charge is 0.320 e. The summed E-state index contributed by atoms with van der Waals surface area (Å²) in [6.45, 7) is 2.14. The summed E-state index contributed by atoms with van der Waals surface area (Å²) in [5, 5.41) is 0. The molecule has 1 aromatic carbocycles. The highest BCUT2D eigenvalue weighted by Crippen LogP contribution is 2.13. The summed E-state index contributed by atoms with van der Waals surface area (Å²) in [5.41, 5.74) is 6.56. The summed E-state index contributed by atoms with van der Waals surface area (Å²) < 4.78 is 7.01. The van der Waals surface area contributed by atoms with Gasteiger partial charge in [0, 0.05) is 6.92 Å². The van der Waals surface area contributed by atoms with Gasteiger partial charge in [-0.05, 0) is 17.1 Å². The molecule has 0 aliphatic heterocycles. The Morgan fingerprint density at radius 3 is 2.71 bits per heavy atom. The molecular formula is C12H15N4O+. The summed E-state index contributed by atoms with van der Waals surface area (Å²) in [6, 6.07) is 9.52. The minimum absolute atomic E-state index is 0.348. The average molecular weight is 231 g/mol. The molecule has 0 amide bonds. The summed E-state index contributed by atoms with van der Waals surface area (Å²) in [7, 11) is 0. The van der Waals surface area contributed by atoms with Gasteiger partial charge in [0.25, 0.3) is 0 Å². The first kappa shape index (κ1) is 11.2. The zero-order valence-electron chi connectivity index (χ0n) is 9.63. The second kappa shape index (κ2) is 4.69. The second-order valence-corrected chi connectivity index (χ2v) is 3.71. The van der Waals surface area contributed by atoms with Crippen molar-refractivity contribution in [2.75, 3.05) is 11.6 Å². The van der Waals surface area contributed by atoms with E-state index < -0.39 is 0 Å². The normalized spacial score (nSPS) is 10.2. The Hall–Kier alpha value is -2.30. The van der Waals surface area contributed by atoms with Crippen molar-refractivity contribution in [1.29, 1.82) is 0 Å². The van der Waals surface area contributed by atoms with Crippen molar-refractivity contribution < 1.29 is 9.41 Å². The molecule has 0 spiro atoms. The SMILES string of the molecule is Cc1nc(N)c(COc2ccccc2)c[n+]1N. The van der Waals surface area contributed by atoms with Gasteiger partial charge in [-0.15, -0.1) is 4.68 Å². The maximum atomic E-state index is 5.79. The van der Waals surface area contributed by atoms with Gasteiger partial charge >= 0.3 is 5.82 Å². The van der Waals surface area contributed by atoms with E-state index in [1.54, 1.807) is 13.1 Å². The molecule has 1 heterocycles. The first-order chi connectivity index (χ1) is 8.16. The summed E-state index contributed by atoms with van der Waals surface area (Å²) in [4.78, 5) is 4.12. The van der Waals surface area contributed by atoms with Crippen molar-refractivity contribution in [3.05, 3.63) is 47.9 Å². The van der Waals surface area contributed by atoms with Crippen LogP contribution in [0.4, 0.5) is 5.82 Å². The van der Waals surface area contributed by atoms with E-state index in [4.69, 9.17) is 16.3 Å². The molecule has 0 fully saturated rings. The number of para-hydroxylation sites is 1. The fourth-order valence-corrected chi connectivity index (χ4v) is 1.42. The highest BCUT2D eigenvalue weighted by Gasteiger charge is 2.13. The maximum absolute atomic E-state index is 5.79. The molecule has 0 radical (unpaired) electrons. The van der Waals surface area contributed by atoms with Crippen molar-refractivity contribution in [3.8, 4) is 5.75 Å². The van der Waals surface area contributed by atoms with E-state index in [9.17, 15) is 0 Å². The lowest BCUT2D eigenvalue weighted by molar-refractivity contribution is -0.649. The Morgan fingerprint density at radius 2 is 2.00 bits per heavy atom. The maximum Gasteiger partial charge on any atom is 0.320 e. The number of hydrogen-bond acceptors (Lipinski definition) is 4. The summed E-state index contributed by atoms with van der Waals surface area (Å²) >= 11 is 0. The fraction of sp³-hybridized carbons (Fsp3) is 0.167. The molecule has 0 saturated carbocycles. The number of ether oxygens (including phenoxy) is 1. The van der Waals surface area contributed by atoms with Crippen molar-refractivity contribution in [2.45, 2.75) is 13.5 Å². The van der Waals surface area contributed by atoms with Crippen LogP contribution in [0.25, 0.3) is 0 Å². The molecule has 0 aliphatic rings. The molecule has 17 heavy (non-hydrogen) atoms. The van der Waals surface area contributed by atoms with Gasteiger partial charge in [0.1, 0.15) is 18.6 Å². The van der Waals surface area contributed by atoms with E-state index in [0.717, 1.165) is 11.3 Å². The molecule has 0 atom stereocenters. The Kier molecular flexibility index (Phi) is 3.09. The second-order valence-electron chi connectivity index (χ2n) is 3.71. The van der Waals surface area contributed by atoms with Gasteiger partial charge in [0.2, 0.25) is 5.82 Å². The minimum atomic E-state index is 0.348. The standard InChI is InChI=1S/C12H14N4O/c1-9-15-12(13)10(7-16(9)14)8-17-11-5-3-2-4-6-11/h2-7,13H,8,14H2,1H3/p+1. The van der Waals surface area contributed by atoms with E-state index >= 15 is 0 Å². The molecule has 1 aromatic heterocycles. The van der Waals surface area contributed by atoms with Crippen LogP contribution in [0.3, 0.4) is 0 Å². The van der Waals surface area contributed by atoms with Crippen molar-refractivity contribution >= 4 is 5.82 Å². The third-order valence-electron chi connectivity index (χ3n) is 2.42.